The Hall–Kier alpha value is -2.95. The van der Waals surface area contributed by atoms with Crippen LogP contribution in [-0.4, -0.2) is 51.3 Å². The summed E-state index contributed by atoms with van der Waals surface area (Å²) < 4.78 is 31.9. The Morgan fingerprint density at radius 1 is 0.966 bits per heavy atom. The Balaban J connectivity index is 2.06. The second kappa shape index (κ2) is 11.1. The number of rotatable bonds is 10. The van der Waals surface area contributed by atoms with Crippen LogP contribution >= 0.6 is 0 Å². The van der Waals surface area contributed by atoms with Crippen molar-refractivity contribution in [2.45, 2.75) is 13.1 Å². The second-order valence-electron chi connectivity index (χ2n) is 5.81. The highest BCUT2D eigenvalue weighted by Gasteiger charge is 2.24. The van der Waals surface area contributed by atoms with Gasteiger partial charge in [0.15, 0.2) is 0 Å². The fourth-order valence-electron chi connectivity index (χ4n) is 2.39. The van der Waals surface area contributed by atoms with Gasteiger partial charge in [-0.25, -0.2) is 9.00 Å². The van der Waals surface area contributed by atoms with E-state index < -0.39 is 17.4 Å². The van der Waals surface area contributed by atoms with Gasteiger partial charge in [0.05, 0.1) is 33.9 Å². The Kier molecular flexibility index (Phi) is 8.59. The van der Waals surface area contributed by atoms with Crippen LogP contribution in [-0.2, 0) is 34.0 Å². The predicted molar refractivity (Wildman–Crippen MR) is 105 cm³/mol. The molecule has 1 amide bonds. The van der Waals surface area contributed by atoms with Gasteiger partial charge in [0.2, 0.25) is 0 Å². The molecule has 0 heterocycles. The minimum Gasteiger partial charge on any atom is -0.497 e. The summed E-state index contributed by atoms with van der Waals surface area (Å²) in [5.41, 5.74) is 1.36. The first-order valence-electron chi connectivity index (χ1n) is 8.51. The van der Waals surface area contributed by atoms with Crippen LogP contribution in [0.25, 0.3) is 0 Å². The second-order valence-corrected chi connectivity index (χ2v) is 6.71. The third-order valence-corrected chi connectivity index (χ3v) is 4.54. The molecule has 156 valence electrons. The average Bonchev–Trinajstić information content (AvgIpc) is 2.72. The van der Waals surface area contributed by atoms with Gasteiger partial charge in [0.25, 0.3) is 11.3 Å². The van der Waals surface area contributed by atoms with Crippen LogP contribution in [0, 0.1) is 0 Å². The zero-order valence-corrected chi connectivity index (χ0v) is 16.8. The molecule has 0 fully saturated rings. The molecule has 1 N–H and O–H groups in total. The summed E-state index contributed by atoms with van der Waals surface area (Å²) in [5.74, 6) is 1.28. The van der Waals surface area contributed by atoms with Gasteiger partial charge in [-0.3, -0.25) is 4.55 Å². The summed E-state index contributed by atoms with van der Waals surface area (Å²) in [6.07, 6.45) is -0.488. The van der Waals surface area contributed by atoms with E-state index in [2.05, 4.69) is 0 Å². The Bertz CT molecular complexity index is 827. The molecule has 1 unspecified atom stereocenters. The molecule has 1 atom stereocenters. The zero-order chi connectivity index (χ0) is 21.2. The van der Waals surface area contributed by atoms with Crippen molar-refractivity contribution in [2.75, 3.05) is 20.8 Å². The first-order chi connectivity index (χ1) is 14.0. The standard InChI is InChI=1S/C19H22N2O7S/c1-26-17-7-3-15(4-8-17)13-20(11-12-22)28-19(23)21(29(24)25)14-16-5-9-18(27-2)10-6-16/h3-10,12H,11,13-14H2,1-2H3,(H,24,25). The van der Waals surface area contributed by atoms with Crippen molar-refractivity contribution in [3.63, 3.8) is 0 Å². The van der Waals surface area contributed by atoms with E-state index >= 15 is 0 Å². The van der Waals surface area contributed by atoms with Crippen molar-refractivity contribution < 1.29 is 32.7 Å². The van der Waals surface area contributed by atoms with Gasteiger partial charge in [-0.15, -0.1) is 5.06 Å². The largest absolute Gasteiger partial charge is 0.497 e. The molecule has 0 spiro atoms. The normalized spacial score (nSPS) is 11.6. The van der Waals surface area contributed by atoms with Crippen LogP contribution in [0.4, 0.5) is 4.79 Å². The topological polar surface area (TPSA) is 106 Å². The molecule has 0 bridgehead atoms. The molecule has 0 aliphatic heterocycles. The van der Waals surface area contributed by atoms with Crippen molar-refractivity contribution in [3.8, 4) is 11.5 Å². The molecule has 0 saturated carbocycles. The third-order valence-electron chi connectivity index (χ3n) is 3.88. The summed E-state index contributed by atoms with van der Waals surface area (Å²) in [7, 11) is 3.06. The minimum absolute atomic E-state index is 0.114. The van der Waals surface area contributed by atoms with Gasteiger partial charge < -0.3 is 19.1 Å². The maximum Gasteiger partial charge on any atom is 0.443 e. The Morgan fingerprint density at radius 3 is 1.86 bits per heavy atom. The molecule has 0 aliphatic carbocycles. The van der Waals surface area contributed by atoms with E-state index in [4.69, 9.17) is 14.3 Å². The minimum atomic E-state index is -2.62. The molecule has 0 saturated heterocycles. The Morgan fingerprint density at radius 2 is 1.45 bits per heavy atom. The fourth-order valence-corrected chi connectivity index (χ4v) is 2.81. The number of hydrogen-bond donors (Lipinski definition) is 1. The maximum atomic E-state index is 12.4. The molecule has 0 radical (unpaired) electrons. The van der Waals surface area contributed by atoms with Crippen LogP contribution in [0.1, 0.15) is 11.1 Å². The molecule has 0 aromatic heterocycles. The SMILES string of the molecule is COc1ccc(CN(CC=O)OC(=O)N(Cc2ccc(OC)cc2)S(=O)O)cc1. The van der Waals surface area contributed by atoms with Crippen molar-refractivity contribution in [2.24, 2.45) is 0 Å². The van der Waals surface area contributed by atoms with Gasteiger partial charge in [-0.1, -0.05) is 24.3 Å². The van der Waals surface area contributed by atoms with Crippen LogP contribution in [0.5, 0.6) is 11.5 Å². The number of carbonyl (C=O) groups is 2. The van der Waals surface area contributed by atoms with Crippen molar-refractivity contribution in [1.82, 2.24) is 9.37 Å². The quantitative estimate of drug-likeness (QED) is 0.353. The summed E-state index contributed by atoms with van der Waals surface area (Å²) in [6, 6.07) is 13.6. The average molecular weight is 422 g/mol. The van der Waals surface area contributed by atoms with Gasteiger partial charge >= 0.3 is 6.09 Å². The monoisotopic (exact) mass is 422 g/mol. The van der Waals surface area contributed by atoms with E-state index in [-0.39, 0.29) is 19.6 Å². The predicted octanol–water partition coefficient (Wildman–Crippen LogP) is 2.40. The molecular weight excluding hydrogens is 400 g/mol. The highest BCUT2D eigenvalue weighted by atomic mass is 32.2. The van der Waals surface area contributed by atoms with Crippen LogP contribution < -0.4 is 9.47 Å². The number of carbonyl (C=O) groups excluding carboxylic acids is 2. The number of hydroxylamine groups is 2. The van der Waals surface area contributed by atoms with E-state index in [0.29, 0.717) is 27.7 Å². The number of hydrogen-bond acceptors (Lipinski definition) is 7. The lowest BCUT2D eigenvalue weighted by atomic mass is 10.2. The summed E-state index contributed by atoms with van der Waals surface area (Å²) in [6.45, 7) is -0.251. The molecule has 0 aliphatic rings. The molecule has 2 rings (SSSR count). The summed E-state index contributed by atoms with van der Waals surface area (Å²) in [4.78, 5) is 28.6. The first kappa shape index (κ1) is 22.3. The van der Waals surface area contributed by atoms with Crippen LogP contribution in [0.15, 0.2) is 48.5 Å². The zero-order valence-electron chi connectivity index (χ0n) is 16.0. The highest BCUT2D eigenvalue weighted by Crippen LogP contribution is 2.16. The summed E-state index contributed by atoms with van der Waals surface area (Å²) >= 11 is -2.62. The van der Waals surface area contributed by atoms with E-state index in [1.54, 1.807) is 55.6 Å². The lowest BCUT2D eigenvalue weighted by Crippen LogP contribution is -2.38. The van der Waals surface area contributed by atoms with Gasteiger partial charge in [-0.2, -0.15) is 4.31 Å². The van der Waals surface area contributed by atoms with E-state index in [0.717, 1.165) is 10.6 Å². The van der Waals surface area contributed by atoms with Gasteiger partial charge in [-0.05, 0) is 35.4 Å². The third kappa shape index (κ3) is 6.86. The lowest BCUT2D eigenvalue weighted by Gasteiger charge is -2.23. The van der Waals surface area contributed by atoms with Crippen molar-refractivity contribution in [1.29, 1.82) is 0 Å². The lowest BCUT2D eigenvalue weighted by molar-refractivity contribution is -0.132. The number of amides is 1. The molecule has 2 aromatic carbocycles. The smallest absolute Gasteiger partial charge is 0.443 e. The molecule has 10 heteroatoms. The fraction of sp³-hybridized carbons (Fsp3) is 0.263. The van der Waals surface area contributed by atoms with Crippen LogP contribution in [0.2, 0.25) is 0 Å². The molecule has 2 aromatic rings. The van der Waals surface area contributed by atoms with E-state index in [9.17, 15) is 18.4 Å². The number of ether oxygens (including phenoxy) is 2. The van der Waals surface area contributed by atoms with Crippen molar-refractivity contribution in [3.05, 3.63) is 59.7 Å². The van der Waals surface area contributed by atoms with Crippen LogP contribution in [0.3, 0.4) is 0 Å². The number of aldehydes is 1. The number of nitrogens with zero attached hydrogens (tertiary/aromatic N) is 2. The molecular formula is C19H22N2O7S. The summed E-state index contributed by atoms with van der Waals surface area (Å²) in [5, 5.41) is 1.10. The van der Waals surface area contributed by atoms with Gasteiger partial charge in [0, 0.05) is 0 Å². The van der Waals surface area contributed by atoms with Crippen molar-refractivity contribution >= 4 is 23.6 Å². The van der Waals surface area contributed by atoms with E-state index in [1.165, 1.54) is 7.11 Å². The maximum absolute atomic E-state index is 12.4. The Labute approximate surface area is 171 Å². The molecule has 29 heavy (non-hydrogen) atoms. The molecule has 9 nitrogen and oxygen atoms in total. The first-order valence-corrected chi connectivity index (χ1v) is 9.58. The number of benzene rings is 2. The highest BCUT2D eigenvalue weighted by molar-refractivity contribution is 7.77. The van der Waals surface area contributed by atoms with E-state index in [1.807, 2.05) is 0 Å². The van der Waals surface area contributed by atoms with Gasteiger partial charge in [0.1, 0.15) is 17.8 Å². The number of methoxy groups -OCH3 is 2.